The Morgan fingerprint density at radius 1 is 0.857 bits per heavy atom. The predicted octanol–water partition coefficient (Wildman–Crippen LogP) is 1.19. The van der Waals surface area contributed by atoms with Gasteiger partial charge in [0.05, 0.1) is 0 Å². The van der Waals surface area contributed by atoms with Crippen molar-refractivity contribution >= 4 is 0 Å². The average molecular weight is 457 g/mol. The molecular formula is C17H26HfO3. The summed E-state index contributed by atoms with van der Waals surface area (Å²) >= 11 is 1.26. The quantitative estimate of drug-likeness (QED) is 0.586. The summed E-state index contributed by atoms with van der Waals surface area (Å²) in [7, 11) is 0. The van der Waals surface area contributed by atoms with Gasteiger partial charge in [0.25, 0.3) is 0 Å². The molecule has 3 nitrogen and oxygen atoms in total. The van der Waals surface area contributed by atoms with Gasteiger partial charge in [-0.15, -0.1) is 19.8 Å². The van der Waals surface area contributed by atoms with Crippen molar-refractivity contribution in [2.75, 3.05) is 19.8 Å². The fourth-order valence-electron chi connectivity index (χ4n) is 1.59. The normalized spacial score (nSPS) is 14.3. The minimum absolute atomic E-state index is 0. The van der Waals surface area contributed by atoms with E-state index < -0.39 is 0 Å². The second-order valence-electron chi connectivity index (χ2n) is 4.05. The van der Waals surface area contributed by atoms with Gasteiger partial charge in [-0.2, -0.15) is 0 Å². The van der Waals surface area contributed by atoms with Crippen LogP contribution in [0.4, 0.5) is 0 Å². The third kappa shape index (κ3) is 13.1. The first-order chi connectivity index (χ1) is 10.1. The molecule has 0 aromatic heterocycles. The van der Waals surface area contributed by atoms with Gasteiger partial charge >= 0.3 is 88.5 Å². The average Bonchev–Trinajstić information content (AvgIpc) is 3.15. The molecule has 0 aliphatic heterocycles. The minimum atomic E-state index is 0. The van der Waals surface area contributed by atoms with Crippen molar-refractivity contribution in [3.8, 4) is 0 Å². The third-order valence-corrected chi connectivity index (χ3v) is 5.01. The number of allylic oxidation sites excluding steroid dienone is 8. The van der Waals surface area contributed by atoms with Crippen LogP contribution in [0.15, 0.2) is 47.6 Å². The molecule has 0 aromatic carbocycles. The van der Waals surface area contributed by atoms with Crippen molar-refractivity contribution in [3.05, 3.63) is 47.6 Å². The predicted molar refractivity (Wildman–Crippen MR) is 79.1 cm³/mol. The van der Waals surface area contributed by atoms with E-state index in [-0.39, 0.29) is 19.8 Å². The van der Waals surface area contributed by atoms with Gasteiger partial charge in [-0.25, -0.2) is 0 Å². The van der Waals surface area contributed by atoms with E-state index in [2.05, 4.69) is 36.5 Å². The molecule has 0 atom stereocenters. The van der Waals surface area contributed by atoms with Crippen LogP contribution in [0.25, 0.3) is 0 Å². The Labute approximate surface area is 144 Å². The van der Waals surface area contributed by atoms with Crippen molar-refractivity contribution in [1.82, 2.24) is 0 Å². The molecule has 2 aliphatic rings. The van der Waals surface area contributed by atoms with Crippen LogP contribution >= 0.6 is 0 Å². The number of hydrogen-bond acceptors (Lipinski definition) is 3. The Balaban J connectivity index is 0. The van der Waals surface area contributed by atoms with Gasteiger partial charge in [0, 0.05) is 0 Å². The molecule has 0 N–H and O–H groups in total. The summed E-state index contributed by atoms with van der Waals surface area (Å²) < 4.78 is 0.787. The van der Waals surface area contributed by atoms with Crippen LogP contribution in [0.3, 0.4) is 0 Å². The van der Waals surface area contributed by atoms with E-state index in [9.17, 15) is 0 Å². The van der Waals surface area contributed by atoms with E-state index in [4.69, 9.17) is 15.3 Å². The Morgan fingerprint density at radius 2 is 1.14 bits per heavy atom. The summed E-state index contributed by atoms with van der Waals surface area (Å²) in [5, 5.41) is 26.8. The van der Waals surface area contributed by atoms with Crippen LogP contribution in [0.1, 0.15) is 33.6 Å². The topological polar surface area (TPSA) is 69.2 Å². The Kier molecular flexibility index (Phi) is 19.4. The monoisotopic (exact) mass is 458 g/mol. The van der Waals surface area contributed by atoms with Crippen molar-refractivity contribution in [2.24, 2.45) is 0 Å². The van der Waals surface area contributed by atoms with E-state index in [1.165, 1.54) is 37.2 Å². The maximum atomic E-state index is 8.93. The molecule has 4 heteroatoms. The zero-order valence-corrected chi connectivity index (χ0v) is 16.9. The van der Waals surface area contributed by atoms with Crippen LogP contribution in [-0.4, -0.2) is 19.8 Å². The van der Waals surface area contributed by atoms with Gasteiger partial charge in [-0.1, -0.05) is 20.8 Å². The summed E-state index contributed by atoms with van der Waals surface area (Å²) in [4.78, 5) is 0. The summed E-state index contributed by atoms with van der Waals surface area (Å²) in [5.41, 5.74) is 3.24. The molecule has 0 unspecified atom stereocenters. The molecule has 2 rings (SSSR count). The summed E-state index contributed by atoms with van der Waals surface area (Å²) in [6.45, 7) is 4.71. The molecule has 0 aromatic rings. The van der Waals surface area contributed by atoms with Gasteiger partial charge in [0.15, 0.2) is 0 Å². The first-order valence-electron chi connectivity index (χ1n) is 7.29. The third-order valence-electron chi connectivity index (χ3n) is 2.34. The van der Waals surface area contributed by atoms with Gasteiger partial charge in [0.1, 0.15) is 0 Å². The summed E-state index contributed by atoms with van der Waals surface area (Å²) in [6, 6.07) is 0. The molecule has 0 saturated heterocycles. The van der Waals surface area contributed by atoms with E-state index in [0.717, 1.165) is 3.67 Å². The summed E-state index contributed by atoms with van der Waals surface area (Å²) in [5.74, 6) is 0. The molecule has 0 radical (unpaired) electrons. The summed E-state index contributed by atoms with van der Waals surface area (Å²) in [6.07, 6.45) is 15.8. The molecule has 0 fully saturated rings. The van der Waals surface area contributed by atoms with E-state index in [0.29, 0.717) is 0 Å². The standard InChI is InChI=1S/C11H11.3C2H5O.Hf/c1-2-6-10(5-1)9-11-7-3-4-8-11;3*1-2-3;/h1-5,7,9H,6,8H2;3*2H2,1H3;/q;3*-1;+3. The van der Waals surface area contributed by atoms with Crippen LogP contribution in [0.5, 0.6) is 0 Å². The molecule has 0 spiro atoms. The second kappa shape index (κ2) is 17.8. The van der Waals surface area contributed by atoms with Gasteiger partial charge in [-0.05, 0) is 0 Å². The molecule has 2 aliphatic carbocycles. The molecular weight excluding hydrogens is 431 g/mol. The molecule has 0 saturated carbocycles. The van der Waals surface area contributed by atoms with Crippen LogP contribution in [-0.2, 0) is 24.4 Å². The SMILES string of the molecule is CC[O-].CC[O-].CC[O-].[Hf+3][CH](C1=CC=CC1)C1=CC=CC1. The van der Waals surface area contributed by atoms with Gasteiger partial charge < -0.3 is 15.3 Å². The van der Waals surface area contributed by atoms with E-state index >= 15 is 0 Å². The second-order valence-corrected chi connectivity index (χ2v) is 6.12. The van der Waals surface area contributed by atoms with Crippen LogP contribution < -0.4 is 15.3 Å². The zero-order chi connectivity index (χ0) is 16.5. The van der Waals surface area contributed by atoms with Crippen molar-refractivity contribution < 1.29 is 39.7 Å². The molecule has 21 heavy (non-hydrogen) atoms. The van der Waals surface area contributed by atoms with Crippen molar-refractivity contribution in [2.45, 2.75) is 37.3 Å². The fraction of sp³-hybridized carbons (Fsp3) is 0.529. The van der Waals surface area contributed by atoms with Crippen LogP contribution in [0, 0.1) is 0 Å². The Bertz CT molecular complexity index is 309. The first-order valence-corrected chi connectivity index (χ1v) is 9.36. The van der Waals surface area contributed by atoms with E-state index in [1.54, 1.807) is 31.9 Å². The van der Waals surface area contributed by atoms with Crippen molar-refractivity contribution in [3.63, 3.8) is 0 Å². The number of hydrogen-bond donors (Lipinski definition) is 0. The molecule has 0 bridgehead atoms. The first kappa shape index (κ1) is 23.0. The van der Waals surface area contributed by atoms with Gasteiger partial charge in [0.2, 0.25) is 0 Å². The van der Waals surface area contributed by atoms with Crippen molar-refractivity contribution in [1.29, 1.82) is 0 Å². The zero-order valence-electron chi connectivity index (χ0n) is 13.3. The fourth-order valence-corrected chi connectivity index (χ4v) is 3.13. The maximum absolute atomic E-state index is 8.93. The number of rotatable bonds is 2. The molecule has 116 valence electrons. The molecule has 0 amide bonds. The Hall–Kier alpha value is -0.290. The Morgan fingerprint density at radius 3 is 1.33 bits per heavy atom. The molecule has 0 heterocycles. The van der Waals surface area contributed by atoms with Gasteiger partial charge in [-0.3, -0.25) is 0 Å². The van der Waals surface area contributed by atoms with E-state index in [1.807, 2.05) is 0 Å². The van der Waals surface area contributed by atoms with Crippen LogP contribution in [0.2, 0.25) is 3.67 Å².